The van der Waals surface area contributed by atoms with Gasteiger partial charge in [-0.3, -0.25) is 14.5 Å². The van der Waals surface area contributed by atoms with Crippen molar-refractivity contribution >= 4 is 41.0 Å². The third kappa shape index (κ3) is 5.92. The molecule has 0 spiro atoms. The Morgan fingerprint density at radius 2 is 1.75 bits per heavy atom. The Morgan fingerprint density at radius 1 is 1.00 bits per heavy atom. The van der Waals surface area contributed by atoms with E-state index in [4.69, 9.17) is 37.4 Å². The van der Waals surface area contributed by atoms with Crippen molar-refractivity contribution in [2.45, 2.75) is 32.7 Å². The number of ether oxygens (including phenoxy) is 3. The van der Waals surface area contributed by atoms with Crippen LogP contribution in [0, 0.1) is 0 Å². The molecular weight excluding hydrogens is 557 g/mol. The van der Waals surface area contributed by atoms with Crippen LogP contribution in [-0.2, 0) is 25.7 Å². The smallest absolute Gasteiger partial charge is 0.336 e. The highest BCUT2D eigenvalue weighted by molar-refractivity contribution is 6.42. The number of piperazine rings is 1. The van der Waals surface area contributed by atoms with Gasteiger partial charge in [0.2, 0.25) is 18.6 Å². The fourth-order valence-electron chi connectivity index (χ4n) is 5.38. The topological polar surface area (TPSA) is 88.6 Å². The summed E-state index contributed by atoms with van der Waals surface area (Å²) in [7, 11) is 0. The molecular formula is C29H31Cl2N3O6. The second-order valence-electron chi connectivity index (χ2n) is 9.97. The van der Waals surface area contributed by atoms with E-state index in [0.717, 1.165) is 23.6 Å². The minimum absolute atomic E-state index is 0.0139. The van der Waals surface area contributed by atoms with E-state index in [1.54, 1.807) is 36.9 Å². The quantitative estimate of drug-likeness (QED) is 0.448. The molecule has 0 bridgehead atoms. The first kappa shape index (κ1) is 28.3. The molecule has 40 heavy (non-hydrogen) atoms. The van der Waals surface area contributed by atoms with Crippen LogP contribution in [0.3, 0.4) is 0 Å². The van der Waals surface area contributed by atoms with Gasteiger partial charge >= 0.3 is 5.97 Å². The van der Waals surface area contributed by atoms with Gasteiger partial charge in [0.25, 0.3) is 0 Å². The summed E-state index contributed by atoms with van der Waals surface area (Å²) in [6.45, 7) is 6.95. The molecule has 5 rings (SSSR count). The van der Waals surface area contributed by atoms with Gasteiger partial charge in [0.1, 0.15) is 6.54 Å². The maximum absolute atomic E-state index is 13.3. The van der Waals surface area contributed by atoms with E-state index in [1.165, 1.54) is 4.90 Å². The molecule has 0 aromatic heterocycles. The standard InChI is InChI=1S/C29H31Cl2N3O6/c1-3-38-29(37)28-18(2)34(26(35)14-21(28)20-5-6-22(30)23(31)13-20)16-27(36)33-10-8-32(9-11-33)15-19-4-7-24-25(12-19)40-17-39-24/h4-7,12-13,21H,3,8-11,14-17H2,1-2H3. The zero-order valence-electron chi connectivity index (χ0n) is 22.5. The lowest BCUT2D eigenvalue weighted by Gasteiger charge is -2.38. The molecule has 1 atom stereocenters. The molecule has 9 nitrogen and oxygen atoms in total. The molecule has 11 heteroatoms. The van der Waals surface area contributed by atoms with Crippen LogP contribution in [-0.4, -0.2) is 78.6 Å². The fourth-order valence-corrected chi connectivity index (χ4v) is 5.69. The number of carbonyl (C=O) groups is 3. The average Bonchev–Trinajstić information content (AvgIpc) is 3.40. The number of hydrogen-bond donors (Lipinski definition) is 0. The second kappa shape index (κ2) is 12.1. The molecule has 1 saturated heterocycles. The van der Waals surface area contributed by atoms with Crippen LogP contribution in [0.25, 0.3) is 0 Å². The number of fused-ring (bicyclic) bond motifs is 1. The Morgan fingerprint density at radius 3 is 2.48 bits per heavy atom. The van der Waals surface area contributed by atoms with Crippen molar-refractivity contribution in [1.29, 1.82) is 0 Å². The first-order valence-electron chi connectivity index (χ1n) is 13.3. The van der Waals surface area contributed by atoms with Gasteiger partial charge in [0.05, 0.1) is 22.2 Å². The molecule has 2 amide bonds. The van der Waals surface area contributed by atoms with Crippen LogP contribution >= 0.6 is 23.2 Å². The van der Waals surface area contributed by atoms with Gasteiger partial charge in [-0.25, -0.2) is 4.79 Å². The molecule has 3 heterocycles. The first-order valence-corrected chi connectivity index (χ1v) is 14.0. The summed E-state index contributed by atoms with van der Waals surface area (Å²) in [6.07, 6.45) is 0.0139. The van der Waals surface area contributed by atoms with E-state index in [1.807, 2.05) is 18.2 Å². The van der Waals surface area contributed by atoms with E-state index in [0.29, 0.717) is 53.1 Å². The maximum Gasteiger partial charge on any atom is 0.336 e. The molecule has 0 N–H and O–H groups in total. The Hall–Kier alpha value is -3.27. The highest BCUT2D eigenvalue weighted by Gasteiger charge is 2.38. The van der Waals surface area contributed by atoms with Crippen LogP contribution in [0.5, 0.6) is 11.5 Å². The fraction of sp³-hybridized carbons (Fsp3) is 0.414. The van der Waals surface area contributed by atoms with Crippen LogP contribution in [0.15, 0.2) is 47.7 Å². The van der Waals surface area contributed by atoms with Crippen molar-refractivity contribution in [3.05, 3.63) is 68.8 Å². The third-order valence-corrected chi connectivity index (χ3v) is 8.26. The Labute approximate surface area is 243 Å². The van der Waals surface area contributed by atoms with Crippen molar-refractivity contribution in [1.82, 2.24) is 14.7 Å². The van der Waals surface area contributed by atoms with Gasteiger partial charge in [-0.1, -0.05) is 35.3 Å². The van der Waals surface area contributed by atoms with Crippen molar-refractivity contribution in [3.8, 4) is 11.5 Å². The lowest BCUT2D eigenvalue weighted by atomic mass is 9.83. The zero-order valence-corrected chi connectivity index (χ0v) is 24.0. The summed E-state index contributed by atoms with van der Waals surface area (Å²) in [6, 6.07) is 11.0. The molecule has 3 aliphatic rings. The van der Waals surface area contributed by atoms with E-state index >= 15 is 0 Å². The number of benzene rings is 2. The summed E-state index contributed by atoms with van der Waals surface area (Å²) < 4.78 is 16.2. The van der Waals surface area contributed by atoms with E-state index in [9.17, 15) is 14.4 Å². The van der Waals surface area contributed by atoms with Crippen molar-refractivity contribution < 1.29 is 28.6 Å². The molecule has 3 aliphatic heterocycles. The Kier molecular flexibility index (Phi) is 8.54. The number of allylic oxidation sites excluding steroid dienone is 1. The SMILES string of the molecule is CCOC(=O)C1=C(C)N(CC(=O)N2CCN(Cc3ccc4c(c3)OCO4)CC2)C(=O)CC1c1ccc(Cl)c(Cl)c1. The summed E-state index contributed by atoms with van der Waals surface area (Å²) in [5, 5.41) is 0.719. The first-order chi connectivity index (χ1) is 19.2. The number of rotatable bonds is 7. The lowest BCUT2D eigenvalue weighted by Crippen LogP contribution is -2.52. The van der Waals surface area contributed by atoms with Crippen molar-refractivity contribution in [3.63, 3.8) is 0 Å². The van der Waals surface area contributed by atoms with Gasteiger partial charge in [-0.05, 0) is 49.2 Å². The van der Waals surface area contributed by atoms with Crippen molar-refractivity contribution in [2.75, 3.05) is 46.1 Å². The maximum atomic E-state index is 13.3. The van der Waals surface area contributed by atoms with Gasteiger partial charge in [-0.15, -0.1) is 0 Å². The van der Waals surface area contributed by atoms with Crippen LogP contribution < -0.4 is 9.47 Å². The number of amides is 2. The predicted octanol–water partition coefficient (Wildman–Crippen LogP) is 4.22. The summed E-state index contributed by atoms with van der Waals surface area (Å²) in [5.74, 6) is 0.0447. The summed E-state index contributed by atoms with van der Waals surface area (Å²) in [4.78, 5) is 45.1. The molecule has 0 aliphatic carbocycles. The lowest BCUT2D eigenvalue weighted by molar-refractivity contribution is -0.143. The molecule has 1 unspecified atom stereocenters. The summed E-state index contributed by atoms with van der Waals surface area (Å²) in [5.41, 5.74) is 2.57. The average molecular weight is 588 g/mol. The number of halogens is 2. The van der Waals surface area contributed by atoms with Crippen LogP contribution in [0.1, 0.15) is 37.3 Å². The molecule has 0 radical (unpaired) electrons. The third-order valence-electron chi connectivity index (χ3n) is 7.53. The predicted molar refractivity (Wildman–Crippen MR) is 149 cm³/mol. The van der Waals surface area contributed by atoms with E-state index in [2.05, 4.69) is 4.90 Å². The normalized spacial score (nSPS) is 19.3. The zero-order chi connectivity index (χ0) is 28.4. The Balaban J connectivity index is 1.26. The van der Waals surface area contributed by atoms with Gasteiger partial charge < -0.3 is 24.0 Å². The Bertz CT molecular complexity index is 1360. The summed E-state index contributed by atoms with van der Waals surface area (Å²) >= 11 is 12.3. The van der Waals surface area contributed by atoms with Gasteiger partial charge in [-0.2, -0.15) is 0 Å². The van der Waals surface area contributed by atoms with Gasteiger partial charge in [0, 0.05) is 50.8 Å². The van der Waals surface area contributed by atoms with E-state index < -0.39 is 11.9 Å². The van der Waals surface area contributed by atoms with Gasteiger partial charge in [0.15, 0.2) is 11.5 Å². The minimum Gasteiger partial charge on any atom is -0.463 e. The second-order valence-corrected chi connectivity index (χ2v) is 10.8. The number of nitrogens with zero attached hydrogens (tertiary/aromatic N) is 3. The van der Waals surface area contributed by atoms with Crippen molar-refractivity contribution in [2.24, 2.45) is 0 Å². The highest BCUT2D eigenvalue weighted by atomic mass is 35.5. The van der Waals surface area contributed by atoms with E-state index in [-0.39, 0.29) is 38.2 Å². The molecule has 2 aromatic rings. The number of esters is 1. The number of hydrogen-bond acceptors (Lipinski definition) is 7. The molecule has 1 fully saturated rings. The van der Waals surface area contributed by atoms with Crippen LogP contribution in [0.4, 0.5) is 0 Å². The molecule has 212 valence electrons. The minimum atomic E-state index is -0.549. The molecule has 2 aromatic carbocycles. The monoisotopic (exact) mass is 587 g/mol. The number of carbonyl (C=O) groups excluding carboxylic acids is 3. The van der Waals surface area contributed by atoms with Crippen LogP contribution in [0.2, 0.25) is 10.0 Å². The largest absolute Gasteiger partial charge is 0.463 e. The highest BCUT2D eigenvalue weighted by Crippen LogP contribution is 2.39. The molecule has 0 saturated carbocycles.